The van der Waals surface area contributed by atoms with Crippen LogP contribution in [0.5, 0.6) is 0 Å². The molecule has 6 N–H and O–H groups in total. The number of halogens is 3. The molecule has 0 aliphatic rings. The van der Waals surface area contributed by atoms with E-state index in [4.69, 9.17) is 45.7 Å². The largest absolute Gasteiger partial charge is 0.370 e. The molecule has 18 heavy (non-hydrogen) atoms. The molecule has 0 aromatic heterocycles. The summed E-state index contributed by atoms with van der Waals surface area (Å²) in [5, 5.41) is 8.50. The first kappa shape index (κ1) is 14.0. The average Bonchev–Trinajstić information content (AvgIpc) is 2.25. The van der Waals surface area contributed by atoms with Crippen LogP contribution < -0.4 is 17.2 Å². The van der Waals surface area contributed by atoms with E-state index >= 15 is 0 Å². The van der Waals surface area contributed by atoms with Crippen molar-refractivity contribution in [1.29, 1.82) is 5.26 Å². The average molecular weight is 289 g/mol. The molecule has 0 atom stereocenters. The first-order chi connectivity index (χ1) is 8.36. The zero-order valence-electron chi connectivity index (χ0n) is 8.78. The third-order valence-corrected chi connectivity index (χ3v) is 2.29. The lowest BCUT2D eigenvalue weighted by atomic mass is 10.2. The summed E-state index contributed by atoms with van der Waals surface area (Å²) in [4.78, 5) is 7.08. The first-order valence-electron chi connectivity index (χ1n) is 4.38. The second kappa shape index (κ2) is 5.53. The minimum atomic E-state index is -0.945. The Morgan fingerprint density at radius 1 is 1.28 bits per heavy atom. The Kier molecular flexibility index (Phi) is 4.31. The van der Waals surface area contributed by atoms with Crippen molar-refractivity contribution in [3.05, 3.63) is 27.5 Å². The van der Waals surface area contributed by atoms with E-state index in [2.05, 4.69) is 9.98 Å². The maximum absolute atomic E-state index is 13.5. The third kappa shape index (κ3) is 3.00. The summed E-state index contributed by atoms with van der Waals surface area (Å²) in [5.41, 5.74) is 14.9. The Balaban J connectivity index is 3.48. The highest BCUT2D eigenvalue weighted by molar-refractivity contribution is 6.36. The molecule has 0 fully saturated rings. The number of nitriles is 1. The fourth-order valence-corrected chi connectivity index (χ4v) is 1.57. The van der Waals surface area contributed by atoms with Gasteiger partial charge in [0.2, 0.25) is 5.96 Å². The maximum atomic E-state index is 13.5. The second-order valence-electron chi connectivity index (χ2n) is 3.00. The van der Waals surface area contributed by atoms with Gasteiger partial charge in [0.15, 0.2) is 11.8 Å². The van der Waals surface area contributed by atoms with E-state index in [-0.39, 0.29) is 27.7 Å². The number of hydrogen-bond donors (Lipinski definition) is 3. The molecule has 6 nitrogen and oxygen atoms in total. The van der Waals surface area contributed by atoms with Crippen LogP contribution in [0.3, 0.4) is 0 Å². The zero-order valence-corrected chi connectivity index (χ0v) is 10.3. The van der Waals surface area contributed by atoms with Gasteiger partial charge in [-0.05, 0) is 6.07 Å². The molecule has 1 aromatic carbocycles. The predicted octanol–water partition coefficient (Wildman–Crippen LogP) is 1.22. The van der Waals surface area contributed by atoms with Gasteiger partial charge in [0, 0.05) is 0 Å². The van der Waals surface area contributed by atoms with Crippen LogP contribution in [-0.2, 0) is 0 Å². The van der Waals surface area contributed by atoms with E-state index in [0.29, 0.717) is 0 Å². The number of nitrogens with zero attached hydrogens (tertiary/aromatic N) is 3. The monoisotopic (exact) mass is 288 g/mol. The van der Waals surface area contributed by atoms with Gasteiger partial charge >= 0.3 is 0 Å². The Morgan fingerprint density at radius 2 is 1.89 bits per heavy atom. The molecule has 0 saturated heterocycles. The van der Waals surface area contributed by atoms with Crippen LogP contribution in [0.1, 0.15) is 5.56 Å². The lowest BCUT2D eigenvalue weighted by Gasteiger charge is -2.04. The number of benzene rings is 1. The molecule has 9 heteroatoms. The van der Waals surface area contributed by atoms with Gasteiger partial charge in [-0.25, -0.2) is 9.38 Å². The van der Waals surface area contributed by atoms with E-state index < -0.39 is 11.4 Å². The molecule has 94 valence electrons. The fourth-order valence-electron chi connectivity index (χ4n) is 1.07. The Morgan fingerprint density at radius 3 is 2.39 bits per heavy atom. The molecule has 0 spiro atoms. The number of rotatable bonds is 1. The first-order valence-corrected chi connectivity index (χ1v) is 5.13. The number of hydrogen-bond acceptors (Lipinski definition) is 2. The van der Waals surface area contributed by atoms with Crippen molar-refractivity contribution in [2.75, 3.05) is 0 Å². The van der Waals surface area contributed by atoms with E-state index in [1.807, 2.05) is 0 Å². The van der Waals surface area contributed by atoms with Crippen LogP contribution >= 0.6 is 23.2 Å². The van der Waals surface area contributed by atoms with Crippen LogP contribution in [-0.4, -0.2) is 11.9 Å². The Bertz CT molecular complexity index is 586. The van der Waals surface area contributed by atoms with Crippen LogP contribution in [0.25, 0.3) is 0 Å². The van der Waals surface area contributed by atoms with Crippen LogP contribution in [0.15, 0.2) is 16.1 Å². The summed E-state index contributed by atoms with van der Waals surface area (Å²) < 4.78 is 13.5. The van der Waals surface area contributed by atoms with Crippen molar-refractivity contribution in [2.24, 2.45) is 27.2 Å². The summed E-state index contributed by atoms with van der Waals surface area (Å²) in [6.07, 6.45) is 0. The van der Waals surface area contributed by atoms with Crippen LogP contribution in [0.2, 0.25) is 10.0 Å². The lowest BCUT2D eigenvalue weighted by Crippen LogP contribution is -2.26. The molecule has 0 unspecified atom stereocenters. The molecule has 0 radical (unpaired) electrons. The topological polar surface area (TPSA) is 127 Å². The summed E-state index contributed by atoms with van der Waals surface area (Å²) >= 11 is 11.3. The van der Waals surface area contributed by atoms with Gasteiger partial charge in [-0.2, -0.15) is 10.3 Å². The summed E-state index contributed by atoms with van der Waals surface area (Å²) in [6, 6.07) is 2.68. The highest BCUT2D eigenvalue weighted by atomic mass is 35.5. The number of guanidine groups is 2. The molecule has 1 aromatic rings. The van der Waals surface area contributed by atoms with Crippen LogP contribution in [0.4, 0.5) is 10.1 Å². The molecule has 0 heterocycles. The maximum Gasteiger partial charge on any atom is 0.223 e. The lowest BCUT2D eigenvalue weighted by molar-refractivity contribution is 0.625. The Hall–Kier alpha value is -2.04. The van der Waals surface area contributed by atoms with Crippen molar-refractivity contribution < 1.29 is 4.39 Å². The van der Waals surface area contributed by atoms with Gasteiger partial charge in [-0.15, -0.1) is 0 Å². The van der Waals surface area contributed by atoms with Gasteiger partial charge in [-0.3, -0.25) is 0 Å². The third-order valence-electron chi connectivity index (χ3n) is 1.73. The Labute approximate surface area is 112 Å². The summed E-state index contributed by atoms with van der Waals surface area (Å²) in [5.74, 6) is -1.64. The highest BCUT2D eigenvalue weighted by Crippen LogP contribution is 2.34. The number of nitrogens with two attached hydrogens (primary N) is 3. The fraction of sp³-hybridized carbons (Fsp3) is 0. The molecular weight excluding hydrogens is 282 g/mol. The molecule has 1 rings (SSSR count). The van der Waals surface area contributed by atoms with Gasteiger partial charge in [0.1, 0.15) is 17.3 Å². The van der Waals surface area contributed by atoms with E-state index in [1.54, 1.807) is 6.07 Å². The molecule has 0 saturated carbocycles. The van der Waals surface area contributed by atoms with Crippen molar-refractivity contribution in [3.8, 4) is 6.07 Å². The minimum absolute atomic E-state index is 0.0494. The molecule has 0 bridgehead atoms. The second-order valence-corrected chi connectivity index (χ2v) is 3.81. The summed E-state index contributed by atoms with van der Waals surface area (Å²) in [7, 11) is 0. The normalized spacial score (nSPS) is 10.9. The standard InChI is InChI=1S/C9H7Cl2FN6/c10-4-1-5(11)7(3(2-13)6(4)12)17-9(16)18-8(14)15/h1H,(H6,14,15,16,17,18). The highest BCUT2D eigenvalue weighted by Gasteiger charge is 2.16. The van der Waals surface area contributed by atoms with Gasteiger partial charge < -0.3 is 17.2 Å². The van der Waals surface area contributed by atoms with E-state index in [9.17, 15) is 4.39 Å². The molecule has 0 amide bonds. The van der Waals surface area contributed by atoms with Crippen molar-refractivity contribution in [1.82, 2.24) is 0 Å². The minimum Gasteiger partial charge on any atom is -0.370 e. The van der Waals surface area contributed by atoms with E-state index in [1.165, 1.54) is 0 Å². The molecule has 0 aliphatic heterocycles. The van der Waals surface area contributed by atoms with Crippen molar-refractivity contribution >= 4 is 40.8 Å². The predicted molar refractivity (Wildman–Crippen MR) is 68.2 cm³/mol. The van der Waals surface area contributed by atoms with Gasteiger partial charge in [0.05, 0.1) is 10.0 Å². The van der Waals surface area contributed by atoms with Gasteiger partial charge in [-0.1, -0.05) is 23.2 Å². The number of aliphatic imine (C=N–C) groups is 2. The molecular formula is C9H7Cl2FN6. The molecule has 0 aliphatic carbocycles. The zero-order chi connectivity index (χ0) is 13.9. The van der Waals surface area contributed by atoms with Crippen molar-refractivity contribution in [2.45, 2.75) is 0 Å². The summed E-state index contributed by atoms with van der Waals surface area (Å²) in [6.45, 7) is 0. The SMILES string of the molecule is N#Cc1c(F)c(Cl)cc(Cl)c1N=C(N)N=C(N)N. The van der Waals surface area contributed by atoms with Crippen molar-refractivity contribution in [3.63, 3.8) is 0 Å². The van der Waals surface area contributed by atoms with E-state index in [0.717, 1.165) is 6.07 Å². The van der Waals surface area contributed by atoms with Crippen LogP contribution in [0, 0.1) is 17.1 Å². The van der Waals surface area contributed by atoms with Gasteiger partial charge in [0.25, 0.3) is 0 Å². The smallest absolute Gasteiger partial charge is 0.223 e. The quantitative estimate of drug-likeness (QED) is 0.408.